The van der Waals surface area contributed by atoms with Gasteiger partial charge in [-0.1, -0.05) is 0 Å². The first-order valence-electron chi connectivity index (χ1n) is 12.4. The van der Waals surface area contributed by atoms with Crippen LogP contribution in [0.25, 0.3) is 0 Å². The molecular formula is C26H33N5O. The normalized spacial score (nSPS) is 30.5. The Balaban J connectivity index is 1.06. The number of anilines is 4. The largest absolute Gasteiger partial charge is 0.370 e. The number of amides is 1. The van der Waals surface area contributed by atoms with Gasteiger partial charge >= 0.3 is 0 Å². The topological polar surface area (TPSA) is 70.2 Å². The van der Waals surface area contributed by atoms with Gasteiger partial charge in [-0.3, -0.25) is 4.79 Å². The third-order valence-electron chi connectivity index (χ3n) is 8.25. The Morgan fingerprint density at radius 3 is 2.25 bits per heavy atom. The molecule has 7 rings (SSSR count). The molecule has 5 fully saturated rings. The van der Waals surface area contributed by atoms with Gasteiger partial charge in [0.05, 0.1) is 11.9 Å². The van der Waals surface area contributed by atoms with Crippen LogP contribution >= 0.6 is 0 Å². The highest BCUT2D eigenvalue weighted by molar-refractivity contribution is 5.91. The van der Waals surface area contributed by atoms with Crippen LogP contribution in [0.1, 0.15) is 57.8 Å². The van der Waals surface area contributed by atoms with E-state index in [2.05, 4.69) is 31.8 Å². The van der Waals surface area contributed by atoms with Crippen LogP contribution in [0.3, 0.4) is 0 Å². The number of carbonyl (C=O) groups excluding carboxylic acids is 1. The van der Waals surface area contributed by atoms with E-state index >= 15 is 0 Å². The zero-order valence-electron chi connectivity index (χ0n) is 18.7. The van der Waals surface area contributed by atoms with Crippen molar-refractivity contribution >= 4 is 28.8 Å². The minimum atomic E-state index is 0.178. The van der Waals surface area contributed by atoms with E-state index in [4.69, 9.17) is 0 Å². The van der Waals surface area contributed by atoms with Crippen molar-refractivity contribution in [3.05, 3.63) is 36.5 Å². The molecule has 2 heterocycles. The predicted octanol–water partition coefficient (Wildman–Crippen LogP) is 5.37. The summed E-state index contributed by atoms with van der Waals surface area (Å²) in [6.07, 6.45) is 13.1. The number of benzene rings is 1. The lowest BCUT2D eigenvalue weighted by molar-refractivity contribution is -0.124. The van der Waals surface area contributed by atoms with Crippen molar-refractivity contribution in [3.63, 3.8) is 0 Å². The Labute approximate surface area is 190 Å². The first-order chi connectivity index (χ1) is 15.6. The molecule has 0 atom stereocenters. The first kappa shape index (κ1) is 20.0. The average molecular weight is 432 g/mol. The Morgan fingerprint density at radius 1 is 0.969 bits per heavy atom. The van der Waals surface area contributed by atoms with E-state index in [1.54, 1.807) is 0 Å². The smallest absolute Gasteiger partial charge is 0.224 e. The third kappa shape index (κ3) is 4.07. The summed E-state index contributed by atoms with van der Waals surface area (Å²) in [5.74, 6) is 3.56. The Morgan fingerprint density at radius 2 is 1.59 bits per heavy atom. The molecule has 1 saturated heterocycles. The van der Waals surface area contributed by atoms with Gasteiger partial charge in [0.2, 0.25) is 5.91 Å². The van der Waals surface area contributed by atoms with E-state index in [0.29, 0.717) is 6.42 Å². The highest BCUT2D eigenvalue weighted by atomic mass is 16.1. The fraction of sp³-hybridized carbons (Fsp3) is 0.577. The molecular weight excluding hydrogens is 398 g/mol. The van der Waals surface area contributed by atoms with Gasteiger partial charge in [-0.15, -0.1) is 5.10 Å². The molecule has 0 spiro atoms. The van der Waals surface area contributed by atoms with Crippen molar-refractivity contribution in [1.29, 1.82) is 0 Å². The van der Waals surface area contributed by atoms with Gasteiger partial charge in [0.15, 0.2) is 5.82 Å². The quantitative estimate of drug-likeness (QED) is 0.644. The van der Waals surface area contributed by atoms with Crippen molar-refractivity contribution in [3.8, 4) is 0 Å². The maximum atomic E-state index is 12.9. The molecule has 1 aromatic carbocycles. The number of hydrogen-bond donors (Lipinski definition) is 2. The highest BCUT2D eigenvalue weighted by Gasteiger charge is 2.51. The molecule has 0 radical (unpaired) electrons. The highest BCUT2D eigenvalue weighted by Crippen LogP contribution is 2.61. The first-order valence-corrected chi connectivity index (χ1v) is 12.4. The van der Waals surface area contributed by atoms with Gasteiger partial charge in [-0.05, 0) is 98.8 Å². The van der Waals surface area contributed by atoms with Crippen LogP contribution in [0, 0.1) is 23.2 Å². The molecule has 32 heavy (non-hydrogen) atoms. The van der Waals surface area contributed by atoms with Crippen LogP contribution in [0.4, 0.5) is 22.9 Å². The van der Waals surface area contributed by atoms with Gasteiger partial charge in [0.25, 0.3) is 0 Å². The van der Waals surface area contributed by atoms with E-state index in [1.807, 2.05) is 30.5 Å². The molecule has 2 aromatic rings. The van der Waals surface area contributed by atoms with Crippen LogP contribution in [0.15, 0.2) is 36.5 Å². The summed E-state index contributed by atoms with van der Waals surface area (Å²) >= 11 is 0. The molecule has 1 aliphatic heterocycles. The lowest BCUT2D eigenvalue weighted by atomic mass is 9.49. The number of hydrogen-bond acceptors (Lipinski definition) is 5. The Kier molecular flexibility index (Phi) is 5.04. The molecule has 5 aliphatic rings. The summed E-state index contributed by atoms with van der Waals surface area (Å²) in [6, 6.07) is 9.98. The monoisotopic (exact) mass is 431 g/mol. The molecule has 168 valence electrons. The molecule has 1 amide bonds. The molecule has 4 saturated carbocycles. The van der Waals surface area contributed by atoms with Crippen molar-refractivity contribution in [2.45, 2.75) is 57.8 Å². The minimum absolute atomic E-state index is 0.178. The summed E-state index contributed by atoms with van der Waals surface area (Å²) < 4.78 is 0. The number of nitrogens with zero attached hydrogens (tertiary/aromatic N) is 3. The molecule has 2 N–H and O–H groups in total. The van der Waals surface area contributed by atoms with E-state index in [1.165, 1.54) is 51.4 Å². The lowest BCUT2D eigenvalue weighted by Crippen LogP contribution is -2.47. The van der Waals surface area contributed by atoms with Crippen molar-refractivity contribution in [1.82, 2.24) is 10.2 Å². The van der Waals surface area contributed by atoms with Crippen molar-refractivity contribution in [2.75, 3.05) is 28.6 Å². The molecule has 0 unspecified atom stereocenters. The second kappa shape index (κ2) is 8.05. The maximum Gasteiger partial charge on any atom is 0.224 e. The Bertz CT molecular complexity index is 947. The molecule has 4 aliphatic carbocycles. The van der Waals surface area contributed by atoms with Gasteiger partial charge in [0, 0.05) is 37.0 Å². The van der Waals surface area contributed by atoms with Crippen LogP contribution in [0.5, 0.6) is 0 Å². The fourth-order valence-electron chi connectivity index (χ4n) is 7.40. The van der Waals surface area contributed by atoms with Gasteiger partial charge in [0.1, 0.15) is 0 Å². The average Bonchev–Trinajstić information content (AvgIpc) is 3.29. The third-order valence-corrected chi connectivity index (χ3v) is 8.25. The molecule has 6 heteroatoms. The zero-order chi connectivity index (χ0) is 21.5. The van der Waals surface area contributed by atoms with Crippen LogP contribution in [0.2, 0.25) is 0 Å². The maximum absolute atomic E-state index is 12.9. The number of nitrogens with one attached hydrogen (secondary N) is 2. The van der Waals surface area contributed by atoms with Crippen LogP contribution < -0.4 is 15.5 Å². The summed E-state index contributed by atoms with van der Waals surface area (Å²) in [6.45, 7) is 2.17. The van der Waals surface area contributed by atoms with Gasteiger partial charge < -0.3 is 15.5 Å². The minimum Gasteiger partial charge on any atom is -0.370 e. The molecule has 6 nitrogen and oxygen atoms in total. The summed E-state index contributed by atoms with van der Waals surface area (Å²) in [5, 5.41) is 14.9. The van der Waals surface area contributed by atoms with E-state index in [0.717, 1.165) is 53.7 Å². The zero-order valence-corrected chi connectivity index (χ0v) is 18.7. The van der Waals surface area contributed by atoms with Crippen LogP contribution in [-0.4, -0.2) is 29.2 Å². The predicted molar refractivity (Wildman–Crippen MR) is 127 cm³/mol. The lowest BCUT2D eigenvalue weighted by Gasteiger charge is -2.56. The summed E-state index contributed by atoms with van der Waals surface area (Å²) in [5.41, 5.74) is 3.20. The number of rotatable bonds is 6. The SMILES string of the molecule is O=C(CC12CC3CC(CC(C3)C1)C2)Nc1ccc(Nc2cc(N3CCCC3)cnn2)cc1. The van der Waals surface area contributed by atoms with Gasteiger partial charge in [-0.25, -0.2) is 0 Å². The van der Waals surface area contributed by atoms with E-state index in [-0.39, 0.29) is 11.3 Å². The summed E-state index contributed by atoms with van der Waals surface area (Å²) in [4.78, 5) is 15.2. The number of aromatic nitrogens is 2. The van der Waals surface area contributed by atoms with Crippen molar-refractivity contribution in [2.24, 2.45) is 23.2 Å². The second-order valence-electron chi connectivity index (χ2n) is 10.8. The fourth-order valence-corrected chi connectivity index (χ4v) is 7.40. The molecule has 1 aromatic heterocycles. The van der Waals surface area contributed by atoms with E-state index in [9.17, 15) is 4.79 Å². The Hall–Kier alpha value is -2.63. The number of carbonyl (C=O) groups is 1. The summed E-state index contributed by atoms with van der Waals surface area (Å²) in [7, 11) is 0. The molecule has 4 bridgehead atoms. The van der Waals surface area contributed by atoms with Crippen LogP contribution in [-0.2, 0) is 4.79 Å². The van der Waals surface area contributed by atoms with E-state index < -0.39 is 0 Å². The second-order valence-corrected chi connectivity index (χ2v) is 10.8. The van der Waals surface area contributed by atoms with Crippen molar-refractivity contribution < 1.29 is 4.79 Å². The standard InChI is InChI=1S/C26H33N5O/c32-25(16-26-13-18-9-19(14-26)11-20(10-18)15-26)29-22-5-3-21(4-6-22)28-24-12-23(17-27-30-24)31-7-1-2-8-31/h3-6,12,17-20H,1-2,7-11,13-16H2,(H,28,30)(H,29,32). The van der Waals surface area contributed by atoms with Gasteiger partial charge in [-0.2, -0.15) is 5.10 Å².